The SMILES string of the molecule is C=CC(=O)N1CCOc2c1ccc1ncnc(Nc3ccc(OCc4cccc(F)c4)cc3)c21. The highest BCUT2D eigenvalue weighted by Gasteiger charge is 2.25. The predicted octanol–water partition coefficient (Wildman–Crippen LogP) is 5.00. The zero-order valence-corrected chi connectivity index (χ0v) is 18.2. The van der Waals surface area contributed by atoms with Crippen molar-refractivity contribution < 1.29 is 18.7 Å². The summed E-state index contributed by atoms with van der Waals surface area (Å²) in [5.41, 5.74) is 2.88. The number of amides is 1. The van der Waals surface area contributed by atoms with E-state index in [0.717, 1.165) is 11.3 Å². The highest BCUT2D eigenvalue weighted by Crippen LogP contribution is 2.41. The van der Waals surface area contributed by atoms with Gasteiger partial charge in [-0.2, -0.15) is 0 Å². The maximum Gasteiger partial charge on any atom is 0.250 e. The lowest BCUT2D eigenvalue weighted by molar-refractivity contribution is -0.114. The molecule has 1 aromatic heterocycles. The summed E-state index contributed by atoms with van der Waals surface area (Å²) in [6.07, 6.45) is 2.76. The molecule has 1 aliphatic rings. The molecule has 4 aromatic rings. The third-order valence-electron chi connectivity index (χ3n) is 5.44. The fourth-order valence-corrected chi connectivity index (χ4v) is 3.83. The number of ether oxygens (including phenoxy) is 2. The van der Waals surface area contributed by atoms with Gasteiger partial charge in [-0.15, -0.1) is 0 Å². The molecule has 170 valence electrons. The van der Waals surface area contributed by atoms with E-state index in [2.05, 4.69) is 21.9 Å². The first kappa shape index (κ1) is 21.4. The number of nitrogens with zero attached hydrogens (tertiary/aromatic N) is 3. The Kier molecular flexibility index (Phi) is 5.78. The minimum atomic E-state index is -0.291. The Hall–Kier alpha value is -4.46. The van der Waals surface area contributed by atoms with Crippen LogP contribution in [0.4, 0.5) is 21.6 Å². The Labute approximate surface area is 195 Å². The quantitative estimate of drug-likeness (QED) is 0.412. The molecule has 2 heterocycles. The first-order chi connectivity index (χ1) is 16.6. The van der Waals surface area contributed by atoms with Crippen LogP contribution in [0.2, 0.25) is 0 Å². The van der Waals surface area contributed by atoms with E-state index < -0.39 is 0 Å². The van der Waals surface area contributed by atoms with E-state index in [1.807, 2.05) is 42.5 Å². The number of carbonyl (C=O) groups excluding carboxylic acids is 1. The van der Waals surface area contributed by atoms with Gasteiger partial charge in [0.15, 0.2) is 5.75 Å². The van der Waals surface area contributed by atoms with E-state index in [1.165, 1.54) is 24.5 Å². The van der Waals surface area contributed by atoms with Gasteiger partial charge in [0.2, 0.25) is 0 Å². The van der Waals surface area contributed by atoms with Crippen molar-refractivity contribution >= 4 is 34.0 Å². The van der Waals surface area contributed by atoms with Crippen LogP contribution < -0.4 is 19.7 Å². The normalized spacial score (nSPS) is 12.6. The van der Waals surface area contributed by atoms with E-state index >= 15 is 0 Å². The molecule has 7 nitrogen and oxygen atoms in total. The second-order valence-corrected chi connectivity index (χ2v) is 7.64. The number of rotatable bonds is 6. The fourth-order valence-electron chi connectivity index (χ4n) is 3.83. The number of nitrogens with one attached hydrogen (secondary N) is 1. The molecule has 1 amide bonds. The van der Waals surface area contributed by atoms with Gasteiger partial charge < -0.3 is 19.7 Å². The second kappa shape index (κ2) is 9.19. The van der Waals surface area contributed by atoms with Crippen LogP contribution in [-0.2, 0) is 11.4 Å². The van der Waals surface area contributed by atoms with Gasteiger partial charge in [0.05, 0.1) is 23.1 Å². The van der Waals surface area contributed by atoms with E-state index in [1.54, 1.807) is 11.0 Å². The lowest BCUT2D eigenvalue weighted by atomic mass is 10.1. The summed E-state index contributed by atoms with van der Waals surface area (Å²) in [4.78, 5) is 22.7. The summed E-state index contributed by atoms with van der Waals surface area (Å²) in [6, 6.07) is 17.3. The number of benzene rings is 3. The van der Waals surface area contributed by atoms with Gasteiger partial charge in [0.25, 0.3) is 5.91 Å². The maximum atomic E-state index is 13.3. The van der Waals surface area contributed by atoms with Gasteiger partial charge in [-0.3, -0.25) is 4.79 Å². The molecular weight excluding hydrogens is 435 g/mol. The molecule has 0 spiro atoms. The van der Waals surface area contributed by atoms with Crippen LogP contribution in [0.25, 0.3) is 10.9 Å². The first-order valence-electron chi connectivity index (χ1n) is 10.7. The molecule has 0 aliphatic carbocycles. The lowest BCUT2D eigenvalue weighted by Crippen LogP contribution is -2.36. The van der Waals surface area contributed by atoms with Crippen molar-refractivity contribution in [1.82, 2.24) is 9.97 Å². The minimum absolute atomic E-state index is 0.191. The first-order valence-corrected chi connectivity index (χ1v) is 10.7. The van der Waals surface area contributed by atoms with Crippen LogP contribution in [0.3, 0.4) is 0 Å². The smallest absolute Gasteiger partial charge is 0.250 e. The van der Waals surface area contributed by atoms with Crippen molar-refractivity contribution in [2.75, 3.05) is 23.4 Å². The Bertz CT molecular complexity index is 1370. The molecule has 0 unspecified atom stereocenters. The number of fused-ring (bicyclic) bond motifs is 3. The summed E-state index contributed by atoms with van der Waals surface area (Å²) in [5, 5.41) is 3.99. The van der Waals surface area contributed by atoms with Crippen molar-refractivity contribution in [2.24, 2.45) is 0 Å². The molecule has 0 atom stereocenters. The molecule has 0 saturated carbocycles. The van der Waals surface area contributed by atoms with E-state index in [9.17, 15) is 9.18 Å². The number of aromatic nitrogens is 2. The molecule has 8 heteroatoms. The van der Waals surface area contributed by atoms with Crippen LogP contribution >= 0.6 is 0 Å². The van der Waals surface area contributed by atoms with Gasteiger partial charge in [0, 0.05) is 5.69 Å². The van der Waals surface area contributed by atoms with E-state index in [0.29, 0.717) is 47.1 Å². The molecule has 0 bridgehead atoms. The van der Waals surface area contributed by atoms with Gasteiger partial charge in [-0.05, 0) is 60.2 Å². The maximum absolute atomic E-state index is 13.3. The Balaban J connectivity index is 1.39. The Morgan fingerprint density at radius 3 is 2.82 bits per heavy atom. The molecule has 1 aliphatic heterocycles. The summed E-state index contributed by atoms with van der Waals surface area (Å²) in [7, 11) is 0. The molecule has 0 saturated heterocycles. The van der Waals surface area contributed by atoms with Gasteiger partial charge in [-0.25, -0.2) is 14.4 Å². The summed E-state index contributed by atoms with van der Waals surface area (Å²) in [6.45, 7) is 4.66. The summed E-state index contributed by atoms with van der Waals surface area (Å²) < 4.78 is 25.0. The highest BCUT2D eigenvalue weighted by atomic mass is 19.1. The molecule has 0 radical (unpaired) electrons. The largest absolute Gasteiger partial charge is 0.489 e. The van der Waals surface area contributed by atoms with Crippen molar-refractivity contribution in [3.8, 4) is 11.5 Å². The lowest BCUT2D eigenvalue weighted by Gasteiger charge is -2.29. The Morgan fingerprint density at radius 2 is 2.03 bits per heavy atom. The number of carbonyl (C=O) groups is 1. The van der Waals surface area contributed by atoms with Crippen molar-refractivity contribution in [2.45, 2.75) is 6.61 Å². The van der Waals surface area contributed by atoms with Crippen LogP contribution in [0.5, 0.6) is 11.5 Å². The van der Waals surface area contributed by atoms with Crippen LogP contribution in [0, 0.1) is 5.82 Å². The number of halogens is 1. The van der Waals surface area contributed by atoms with Gasteiger partial charge in [0.1, 0.15) is 36.9 Å². The average Bonchev–Trinajstić information content (AvgIpc) is 2.87. The average molecular weight is 456 g/mol. The predicted molar refractivity (Wildman–Crippen MR) is 128 cm³/mol. The molecule has 3 aromatic carbocycles. The van der Waals surface area contributed by atoms with E-state index in [4.69, 9.17) is 9.47 Å². The zero-order chi connectivity index (χ0) is 23.5. The standard InChI is InChI=1S/C26H21FN4O3/c1-2-23(32)31-12-13-33-25-22(31)11-10-21-24(25)26(29-16-28-21)30-19-6-8-20(9-7-19)34-15-17-4-3-5-18(27)14-17/h2-11,14,16H,1,12-13,15H2,(H,28,29,30). The number of anilines is 3. The number of hydrogen-bond donors (Lipinski definition) is 1. The molecule has 0 fully saturated rings. The summed E-state index contributed by atoms with van der Waals surface area (Å²) in [5.74, 6) is 1.28. The third kappa shape index (κ3) is 4.25. The van der Waals surface area contributed by atoms with Crippen LogP contribution in [0.1, 0.15) is 5.56 Å². The number of hydrogen-bond acceptors (Lipinski definition) is 6. The second-order valence-electron chi connectivity index (χ2n) is 7.64. The van der Waals surface area contributed by atoms with Crippen molar-refractivity contribution in [3.63, 3.8) is 0 Å². The van der Waals surface area contributed by atoms with Crippen LogP contribution in [-0.4, -0.2) is 29.0 Å². The van der Waals surface area contributed by atoms with Crippen molar-refractivity contribution in [1.29, 1.82) is 0 Å². The zero-order valence-electron chi connectivity index (χ0n) is 18.2. The van der Waals surface area contributed by atoms with Crippen molar-refractivity contribution in [3.05, 3.63) is 91.0 Å². The minimum Gasteiger partial charge on any atom is -0.489 e. The van der Waals surface area contributed by atoms with Gasteiger partial charge >= 0.3 is 0 Å². The summed E-state index contributed by atoms with van der Waals surface area (Å²) >= 11 is 0. The topological polar surface area (TPSA) is 76.6 Å². The van der Waals surface area contributed by atoms with E-state index in [-0.39, 0.29) is 18.3 Å². The molecule has 5 rings (SSSR count). The van der Waals surface area contributed by atoms with Crippen LogP contribution in [0.15, 0.2) is 79.6 Å². The molecule has 1 N–H and O–H groups in total. The molecular formula is C26H21FN4O3. The third-order valence-corrected chi connectivity index (χ3v) is 5.44. The Morgan fingerprint density at radius 1 is 1.18 bits per heavy atom. The highest BCUT2D eigenvalue weighted by molar-refractivity contribution is 6.07. The van der Waals surface area contributed by atoms with Gasteiger partial charge in [-0.1, -0.05) is 18.7 Å². The molecule has 34 heavy (non-hydrogen) atoms. The fraction of sp³-hybridized carbons (Fsp3) is 0.115. The monoisotopic (exact) mass is 456 g/mol.